The molecule has 27 heavy (non-hydrogen) atoms. The Labute approximate surface area is 175 Å². The van der Waals surface area contributed by atoms with Crippen molar-refractivity contribution in [2.75, 3.05) is 6.16 Å². The van der Waals surface area contributed by atoms with Crippen LogP contribution in [0.4, 0.5) is 0 Å². The highest BCUT2D eigenvalue weighted by Gasteiger charge is 2.45. The molecule has 0 unspecified atom stereocenters. The number of unbranched alkanes of at least 4 members (excludes halogenated alkanes) is 1. The van der Waals surface area contributed by atoms with Gasteiger partial charge in [0.15, 0.2) is 0 Å². The molecule has 0 aliphatic carbocycles. The van der Waals surface area contributed by atoms with E-state index in [9.17, 15) is 0 Å². The molecule has 0 atom stereocenters. The average molecular weight is 439 g/mol. The highest BCUT2D eigenvalue weighted by atomic mass is 79.9. The Kier molecular flexibility index (Phi) is 8.48. The molecule has 3 rings (SSSR count). The van der Waals surface area contributed by atoms with E-state index in [2.05, 4.69) is 111 Å². The topological polar surface area (TPSA) is 0 Å². The highest BCUT2D eigenvalue weighted by Crippen LogP contribution is 2.56. The van der Waals surface area contributed by atoms with E-state index in [1.54, 1.807) is 0 Å². The first-order chi connectivity index (χ1) is 12.8. The van der Waals surface area contributed by atoms with E-state index in [0.29, 0.717) is 0 Å². The van der Waals surface area contributed by atoms with Gasteiger partial charge in [0.05, 0.1) is 6.16 Å². The molecule has 2 heteroatoms. The van der Waals surface area contributed by atoms with Crippen LogP contribution in [0.25, 0.3) is 0 Å². The lowest BCUT2D eigenvalue weighted by Crippen LogP contribution is -3.00. The minimum atomic E-state index is -1.72. The first-order valence-electron chi connectivity index (χ1n) is 9.48. The maximum atomic E-state index is 2.43. The molecule has 0 radical (unpaired) electrons. The van der Waals surface area contributed by atoms with Crippen LogP contribution in [-0.4, -0.2) is 6.16 Å². The zero-order valence-electron chi connectivity index (χ0n) is 16.2. The van der Waals surface area contributed by atoms with Crippen molar-refractivity contribution in [2.24, 2.45) is 0 Å². The van der Waals surface area contributed by atoms with Crippen molar-refractivity contribution in [1.29, 1.82) is 0 Å². The molecule has 3 aromatic carbocycles. The Balaban J connectivity index is 0.00000261. The molecule has 0 heterocycles. The summed E-state index contributed by atoms with van der Waals surface area (Å²) < 4.78 is 0. The zero-order chi connectivity index (χ0) is 18.2. The van der Waals surface area contributed by atoms with Crippen LogP contribution in [0.5, 0.6) is 0 Å². The molecule has 0 aliphatic heterocycles. The van der Waals surface area contributed by atoms with E-state index >= 15 is 0 Å². The fourth-order valence-electron chi connectivity index (χ4n) is 3.60. The van der Waals surface area contributed by atoms with Gasteiger partial charge in [-0.2, -0.15) is 0 Å². The van der Waals surface area contributed by atoms with Gasteiger partial charge in [-0.3, -0.25) is 0 Å². The zero-order valence-corrected chi connectivity index (χ0v) is 18.7. The van der Waals surface area contributed by atoms with Crippen molar-refractivity contribution < 1.29 is 17.0 Å². The summed E-state index contributed by atoms with van der Waals surface area (Å²) in [5, 5.41) is 4.38. The monoisotopic (exact) mass is 438 g/mol. The Morgan fingerprint density at radius 3 is 1.41 bits per heavy atom. The van der Waals surface area contributed by atoms with Crippen LogP contribution in [-0.2, 0) is 0 Å². The SMILES string of the molecule is CCCC=C(C)C[P+](c1ccccc1)(c1ccccc1)c1ccccc1.[Br-]. The van der Waals surface area contributed by atoms with E-state index in [0.717, 1.165) is 12.6 Å². The summed E-state index contributed by atoms with van der Waals surface area (Å²) in [5.74, 6) is 0. The summed E-state index contributed by atoms with van der Waals surface area (Å²) >= 11 is 0. The molecule has 140 valence electrons. The van der Waals surface area contributed by atoms with Gasteiger partial charge in [0.25, 0.3) is 0 Å². The van der Waals surface area contributed by atoms with Crippen LogP contribution in [0, 0.1) is 0 Å². The number of halogens is 1. The van der Waals surface area contributed by atoms with Crippen molar-refractivity contribution in [1.82, 2.24) is 0 Å². The maximum absolute atomic E-state index is 2.43. The normalized spacial score (nSPS) is 11.7. The lowest BCUT2D eigenvalue weighted by molar-refractivity contribution is -0.00000525. The van der Waals surface area contributed by atoms with Crippen LogP contribution in [0.2, 0.25) is 0 Å². The Hall–Kier alpha value is -1.69. The van der Waals surface area contributed by atoms with Crippen LogP contribution >= 0.6 is 7.26 Å². The molecular formula is C25H28BrP. The number of allylic oxidation sites excluding steroid dienone is 2. The first kappa shape index (κ1) is 21.6. The largest absolute Gasteiger partial charge is 1.00 e. The number of benzene rings is 3. The summed E-state index contributed by atoms with van der Waals surface area (Å²) in [6.45, 7) is 4.55. The van der Waals surface area contributed by atoms with Crippen molar-refractivity contribution >= 4 is 23.2 Å². The van der Waals surface area contributed by atoms with Gasteiger partial charge in [0, 0.05) is 0 Å². The van der Waals surface area contributed by atoms with E-state index in [4.69, 9.17) is 0 Å². The van der Waals surface area contributed by atoms with E-state index in [1.165, 1.54) is 27.9 Å². The quantitative estimate of drug-likeness (QED) is 0.393. The van der Waals surface area contributed by atoms with E-state index < -0.39 is 7.26 Å². The second-order valence-corrected chi connectivity index (χ2v) is 10.3. The molecule has 0 saturated heterocycles. The third-order valence-electron chi connectivity index (χ3n) is 4.86. The summed E-state index contributed by atoms with van der Waals surface area (Å²) in [5.41, 5.74) is 1.50. The van der Waals surface area contributed by atoms with Crippen LogP contribution in [0.1, 0.15) is 26.7 Å². The summed E-state index contributed by atoms with van der Waals surface area (Å²) in [7, 11) is -1.72. The second-order valence-electron chi connectivity index (χ2n) is 6.81. The lowest BCUT2D eigenvalue weighted by Gasteiger charge is -2.28. The predicted octanol–water partition coefficient (Wildman–Crippen LogP) is 2.73. The third-order valence-corrected chi connectivity index (χ3v) is 9.37. The maximum Gasteiger partial charge on any atom is 0.116 e. The molecular weight excluding hydrogens is 411 g/mol. The summed E-state index contributed by atoms with van der Waals surface area (Å²) in [6, 6.07) is 33.4. The molecule has 0 amide bonds. The molecule has 0 nitrogen and oxygen atoms in total. The van der Waals surface area contributed by atoms with Crippen molar-refractivity contribution in [3.8, 4) is 0 Å². The van der Waals surface area contributed by atoms with Gasteiger partial charge in [-0.15, -0.1) is 0 Å². The molecule has 0 saturated carbocycles. The fourth-order valence-corrected chi connectivity index (χ4v) is 7.96. The third kappa shape index (κ3) is 4.98. The standard InChI is InChI=1S/C25H28P.BrH/c1-3-4-14-22(2)21-26(23-15-8-5-9-16-23,24-17-10-6-11-18-24)25-19-12-7-13-20-25;/h5-20H,3-4,21H2,1-2H3;1H/q+1;/p-1. The van der Waals surface area contributed by atoms with Crippen LogP contribution < -0.4 is 32.9 Å². The fraction of sp³-hybridized carbons (Fsp3) is 0.200. The van der Waals surface area contributed by atoms with Crippen molar-refractivity contribution in [2.45, 2.75) is 26.7 Å². The minimum absolute atomic E-state index is 0. The smallest absolute Gasteiger partial charge is 0.116 e. The molecule has 0 aromatic heterocycles. The number of hydrogen-bond donors (Lipinski definition) is 0. The van der Waals surface area contributed by atoms with Gasteiger partial charge < -0.3 is 17.0 Å². The number of hydrogen-bond acceptors (Lipinski definition) is 0. The highest BCUT2D eigenvalue weighted by molar-refractivity contribution is 7.95. The Morgan fingerprint density at radius 1 is 0.704 bits per heavy atom. The van der Waals surface area contributed by atoms with Crippen molar-refractivity contribution in [3.63, 3.8) is 0 Å². The number of rotatable bonds is 7. The van der Waals surface area contributed by atoms with Crippen LogP contribution in [0.15, 0.2) is 103 Å². The molecule has 0 bridgehead atoms. The van der Waals surface area contributed by atoms with Crippen LogP contribution in [0.3, 0.4) is 0 Å². The van der Waals surface area contributed by atoms with Gasteiger partial charge in [-0.1, -0.05) is 74.0 Å². The average Bonchev–Trinajstić information content (AvgIpc) is 2.72. The first-order valence-corrected chi connectivity index (χ1v) is 11.5. The lowest BCUT2D eigenvalue weighted by atomic mass is 10.2. The molecule has 0 N–H and O–H groups in total. The predicted molar refractivity (Wildman–Crippen MR) is 119 cm³/mol. The van der Waals surface area contributed by atoms with Gasteiger partial charge >= 0.3 is 0 Å². The van der Waals surface area contributed by atoms with Crippen molar-refractivity contribution in [3.05, 3.63) is 103 Å². The molecule has 0 fully saturated rings. The Bertz CT molecular complexity index is 729. The van der Waals surface area contributed by atoms with Gasteiger partial charge in [-0.25, -0.2) is 0 Å². The summed E-state index contributed by atoms with van der Waals surface area (Å²) in [6.07, 6.45) is 5.89. The van der Waals surface area contributed by atoms with Gasteiger partial charge in [-0.05, 0) is 55.3 Å². The molecule has 3 aromatic rings. The molecule has 0 spiro atoms. The Morgan fingerprint density at radius 2 is 1.07 bits per heavy atom. The van der Waals surface area contributed by atoms with E-state index in [-0.39, 0.29) is 17.0 Å². The minimum Gasteiger partial charge on any atom is -1.00 e. The van der Waals surface area contributed by atoms with Gasteiger partial charge in [0.2, 0.25) is 0 Å². The molecule has 0 aliphatic rings. The second kappa shape index (κ2) is 10.6. The van der Waals surface area contributed by atoms with Gasteiger partial charge in [0.1, 0.15) is 23.2 Å². The van der Waals surface area contributed by atoms with E-state index in [1.807, 2.05) is 0 Å². The summed E-state index contributed by atoms with van der Waals surface area (Å²) in [4.78, 5) is 0.